The van der Waals surface area contributed by atoms with Crippen LogP contribution in [0.25, 0.3) is 0 Å². The van der Waals surface area contributed by atoms with Crippen LogP contribution in [0.4, 0.5) is 0 Å². The van der Waals surface area contributed by atoms with Gasteiger partial charge in [0.15, 0.2) is 0 Å². The Morgan fingerprint density at radius 2 is 1.86 bits per heavy atom. The number of nitrogens with zero attached hydrogens (tertiary/aromatic N) is 3. The van der Waals surface area contributed by atoms with Gasteiger partial charge in [-0.2, -0.15) is 0 Å². The molecular formula is C22H33N3O3. The zero-order chi connectivity index (χ0) is 19.8. The Balaban J connectivity index is 1.53. The molecule has 0 N–H and O–H groups in total. The molecule has 0 aliphatic carbocycles. The van der Waals surface area contributed by atoms with Crippen LogP contribution in [-0.2, 0) is 19.8 Å². The molecule has 3 fully saturated rings. The summed E-state index contributed by atoms with van der Waals surface area (Å²) in [5, 5.41) is 0. The van der Waals surface area contributed by atoms with E-state index in [1.807, 2.05) is 18.0 Å². The lowest BCUT2D eigenvalue weighted by Gasteiger charge is -2.56. The third-order valence-corrected chi connectivity index (χ3v) is 6.90. The van der Waals surface area contributed by atoms with Crippen LogP contribution in [0.1, 0.15) is 25.8 Å². The van der Waals surface area contributed by atoms with Crippen LogP contribution in [-0.4, -0.2) is 91.8 Å². The number of carbonyl (C=O) groups is 1. The van der Waals surface area contributed by atoms with Gasteiger partial charge in [0.1, 0.15) is 6.61 Å². The highest BCUT2D eigenvalue weighted by Gasteiger charge is 2.53. The van der Waals surface area contributed by atoms with Gasteiger partial charge >= 0.3 is 0 Å². The summed E-state index contributed by atoms with van der Waals surface area (Å²) in [6.07, 6.45) is 0.884. The Bertz CT molecular complexity index is 690. The van der Waals surface area contributed by atoms with Gasteiger partial charge in [0.2, 0.25) is 5.91 Å². The number of likely N-dealkylation sites (tertiary alicyclic amines) is 1. The van der Waals surface area contributed by atoms with E-state index in [1.54, 1.807) is 0 Å². The first-order chi connectivity index (χ1) is 13.4. The van der Waals surface area contributed by atoms with Crippen molar-refractivity contribution < 1.29 is 14.3 Å². The number of fused-ring (bicyclic) bond motifs is 1. The molecule has 2 atom stereocenters. The second-order valence-corrected chi connectivity index (χ2v) is 8.94. The number of carbonyl (C=O) groups excluding carboxylic acids is 1. The zero-order valence-electron chi connectivity index (χ0n) is 17.4. The summed E-state index contributed by atoms with van der Waals surface area (Å²) < 4.78 is 11.7. The van der Waals surface area contributed by atoms with E-state index in [9.17, 15) is 4.79 Å². The van der Waals surface area contributed by atoms with E-state index in [0.29, 0.717) is 0 Å². The van der Waals surface area contributed by atoms with Gasteiger partial charge in [-0.05, 0) is 25.8 Å². The van der Waals surface area contributed by atoms with Gasteiger partial charge < -0.3 is 14.4 Å². The highest BCUT2D eigenvalue weighted by Crippen LogP contribution is 2.42. The second kappa shape index (κ2) is 7.75. The van der Waals surface area contributed by atoms with Crippen molar-refractivity contribution in [2.45, 2.75) is 37.5 Å². The summed E-state index contributed by atoms with van der Waals surface area (Å²) in [6.45, 7) is 11.3. The molecule has 0 radical (unpaired) electrons. The number of hydrogen-bond acceptors (Lipinski definition) is 5. The summed E-state index contributed by atoms with van der Waals surface area (Å²) in [6, 6.07) is 10.4. The van der Waals surface area contributed by atoms with Gasteiger partial charge in [-0.15, -0.1) is 0 Å². The number of morpholine rings is 2. The van der Waals surface area contributed by atoms with Crippen LogP contribution in [0.15, 0.2) is 30.3 Å². The van der Waals surface area contributed by atoms with Crippen molar-refractivity contribution in [2.24, 2.45) is 0 Å². The number of benzene rings is 1. The number of amides is 1. The van der Waals surface area contributed by atoms with Crippen molar-refractivity contribution in [3.8, 4) is 0 Å². The van der Waals surface area contributed by atoms with Gasteiger partial charge in [-0.3, -0.25) is 14.6 Å². The van der Waals surface area contributed by atoms with Crippen molar-refractivity contribution in [1.29, 1.82) is 0 Å². The summed E-state index contributed by atoms with van der Waals surface area (Å²) in [4.78, 5) is 19.5. The van der Waals surface area contributed by atoms with Crippen molar-refractivity contribution in [3.05, 3.63) is 35.9 Å². The van der Waals surface area contributed by atoms with Gasteiger partial charge in [0, 0.05) is 45.3 Å². The van der Waals surface area contributed by atoms with Crippen LogP contribution >= 0.6 is 0 Å². The lowest BCUT2D eigenvalue weighted by molar-refractivity contribution is -0.184. The zero-order valence-corrected chi connectivity index (χ0v) is 17.4. The first-order valence-electron chi connectivity index (χ1n) is 10.4. The number of ether oxygens (including phenoxy) is 2. The summed E-state index contributed by atoms with van der Waals surface area (Å²) >= 11 is 0. The van der Waals surface area contributed by atoms with Crippen molar-refractivity contribution >= 4 is 5.91 Å². The van der Waals surface area contributed by atoms with Crippen molar-refractivity contribution in [3.63, 3.8) is 0 Å². The SMILES string of the molecule is CN1C(=O)CO[C@@H]2CN(CC(C)(C)N3CCOCC3)CC[C@]21c1ccccc1. The highest BCUT2D eigenvalue weighted by molar-refractivity contribution is 5.79. The maximum absolute atomic E-state index is 12.5. The topological polar surface area (TPSA) is 45.2 Å². The van der Waals surface area contributed by atoms with Gasteiger partial charge in [0.05, 0.1) is 24.9 Å². The summed E-state index contributed by atoms with van der Waals surface area (Å²) in [5.74, 6) is 0.0715. The standard InChI is InChI=1S/C22H33N3O3/c1-21(2,25-11-13-27-14-12-25)17-24-10-9-22(18-7-5-4-6-8-18)19(15-24)28-16-20(26)23(22)3/h4-8,19H,9-17H2,1-3H3/t19-,22+/m1/s1. The summed E-state index contributed by atoms with van der Waals surface area (Å²) in [5.41, 5.74) is 0.908. The molecule has 1 aromatic carbocycles. The molecule has 6 heteroatoms. The van der Waals surface area contributed by atoms with E-state index in [1.165, 1.54) is 5.56 Å². The van der Waals surface area contributed by atoms with E-state index in [0.717, 1.165) is 52.4 Å². The minimum absolute atomic E-state index is 0.00756. The average Bonchev–Trinajstić information content (AvgIpc) is 2.72. The Morgan fingerprint density at radius 1 is 1.14 bits per heavy atom. The minimum atomic E-state index is -0.365. The molecule has 0 saturated carbocycles. The number of piperidine rings is 1. The largest absolute Gasteiger partial charge is 0.379 e. The Labute approximate surface area is 168 Å². The number of hydrogen-bond donors (Lipinski definition) is 0. The molecule has 3 saturated heterocycles. The molecule has 3 aliphatic heterocycles. The Morgan fingerprint density at radius 3 is 2.57 bits per heavy atom. The predicted octanol–water partition coefficient (Wildman–Crippen LogP) is 1.56. The Kier molecular flexibility index (Phi) is 5.49. The second-order valence-electron chi connectivity index (χ2n) is 8.94. The number of likely N-dealkylation sites (N-methyl/N-ethyl adjacent to an activating group) is 1. The maximum atomic E-state index is 12.5. The first-order valence-corrected chi connectivity index (χ1v) is 10.4. The molecule has 0 unspecified atom stereocenters. The molecule has 0 aromatic heterocycles. The lowest BCUT2D eigenvalue weighted by atomic mass is 9.76. The fraction of sp³-hybridized carbons (Fsp3) is 0.682. The smallest absolute Gasteiger partial charge is 0.249 e. The molecule has 0 bridgehead atoms. The van der Waals surface area contributed by atoms with Crippen molar-refractivity contribution in [2.75, 3.05) is 59.6 Å². The van der Waals surface area contributed by atoms with E-state index < -0.39 is 0 Å². The van der Waals surface area contributed by atoms with E-state index in [-0.39, 0.29) is 29.7 Å². The van der Waals surface area contributed by atoms with E-state index in [2.05, 4.69) is 47.9 Å². The molecule has 1 aromatic rings. The minimum Gasteiger partial charge on any atom is -0.379 e. The monoisotopic (exact) mass is 387 g/mol. The van der Waals surface area contributed by atoms with Gasteiger partial charge in [-0.1, -0.05) is 30.3 Å². The molecule has 3 aliphatic rings. The molecule has 154 valence electrons. The molecule has 3 heterocycles. The van der Waals surface area contributed by atoms with E-state index in [4.69, 9.17) is 9.47 Å². The van der Waals surface area contributed by atoms with E-state index >= 15 is 0 Å². The first kappa shape index (κ1) is 19.8. The average molecular weight is 388 g/mol. The quantitative estimate of drug-likeness (QED) is 0.785. The van der Waals surface area contributed by atoms with Gasteiger partial charge in [-0.25, -0.2) is 0 Å². The van der Waals surface area contributed by atoms with Crippen LogP contribution in [0, 0.1) is 0 Å². The molecule has 6 nitrogen and oxygen atoms in total. The predicted molar refractivity (Wildman–Crippen MR) is 108 cm³/mol. The maximum Gasteiger partial charge on any atom is 0.249 e. The summed E-state index contributed by atoms with van der Waals surface area (Å²) in [7, 11) is 1.94. The van der Waals surface area contributed by atoms with Crippen LogP contribution in [0.2, 0.25) is 0 Å². The number of rotatable bonds is 4. The fourth-order valence-corrected chi connectivity index (χ4v) is 5.24. The lowest BCUT2D eigenvalue weighted by Crippen LogP contribution is -2.68. The molecule has 0 spiro atoms. The van der Waals surface area contributed by atoms with Crippen LogP contribution in [0.3, 0.4) is 0 Å². The molecule has 1 amide bonds. The normalized spacial score (nSPS) is 30.3. The molecule has 28 heavy (non-hydrogen) atoms. The Hall–Kier alpha value is -1.47. The fourth-order valence-electron chi connectivity index (χ4n) is 5.24. The van der Waals surface area contributed by atoms with Crippen LogP contribution in [0.5, 0.6) is 0 Å². The molecular weight excluding hydrogens is 354 g/mol. The van der Waals surface area contributed by atoms with Crippen LogP contribution < -0.4 is 0 Å². The van der Waals surface area contributed by atoms with Gasteiger partial charge in [0.25, 0.3) is 0 Å². The third kappa shape index (κ3) is 3.47. The highest BCUT2D eigenvalue weighted by atomic mass is 16.5. The third-order valence-electron chi connectivity index (χ3n) is 6.90. The molecule has 4 rings (SSSR count). The van der Waals surface area contributed by atoms with Crippen molar-refractivity contribution in [1.82, 2.24) is 14.7 Å².